The van der Waals surface area contributed by atoms with Crippen molar-refractivity contribution in [3.63, 3.8) is 0 Å². The van der Waals surface area contributed by atoms with Gasteiger partial charge in [0.05, 0.1) is 6.42 Å². The zero-order valence-corrected chi connectivity index (χ0v) is 8.94. The van der Waals surface area contributed by atoms with Crippen LogP contribution in [0, 0.1) is 0 Å². The van der Waals surface area contributed by atoms with Crippen LogP contribution in [0.4, 0.5) is 13.2 Å². The van der Waals surface area contributed by atoms with Crippen LogP contribution in [0.1, 0.15) is 12.0 Å². The largest absolute Gasteiger partial charge is 0.573 e. The first-order valence-electron chi connectivity index (χ1n) is 4.75. The Morgan fingerprint density at radius 2 is 2.06 bits per heavy atom. The molecule has 0 bridgehead atoms. The van der Waals surface area contributed by atoms with Gasteiger partial charge in [0, 0.05) is 5.56 Å². The summed E-state index contributed by atoms with van der Waals surface area (Å²) in [6.07, 6.45) is -2.91. The Balaban J connectivity index is 2.96. The van der Waals surface area contributed by atoms with Crippen LogP contribution >= 0.6 is 0 Å². The average molecular weight is 262 g/mol. The summed E-state index contributed by atoms with van der Waals surface area (Å²) in [5.41, 5.74) is -0.0615. The van der Waals surface area contributed by atoms with Gasteiger partial charge in [-0.25, -0.2) is 0 Å². The lowest BCUT2D eigenvalue weighted by Crippen LogP contribution is -2.17. The molecular weight excluding hydrogens is 253 g/mol. The molecule has 18 heavy (non-hydrogen) atoms. The fourth-order valence-electron chi connectivity index (χ4n) is 1.17. The van der Waals surface area contributed by atoms with Gasteiger partial charge in [-0.2, -0.15) is 0 Å². The van der Waals surface area contributed by atoms with Gasteiger partial charge in [0.15, 0.2) is 0 Å². The Morgan fingerprint density at radius 1 is 1.39 bits per heavy atom. The third-order valence-electron chi connectivity index (χ3n) is 1.81. The maximum atomic E-state index is 12.1. The number of phenolic OH excluding ortho intramolecular Hbond substituents is 1. The predicted octanol–water partition coefficient (Wildman–Crippen LogP) is 2.78. The minimum atomic E-state index is -4.85. The number of phenols is 1. The van der Waals surface area contributed by atoms with Crippen LogP contribution in [0.3, 0.4) is 0 Å². The highest BCUT2D eigenvalue weighted by atomic mass is 19.4. The summed E-state index contributed by atoms with van der Waals surface area (Å²) >= 11 is 0. The Hall–Kier alpha value is -2.18. The molecule has 0 aromatic heterocycles. The zero-order chi connectivity index (χ0) is 13.8. The van der Waals surface area contributed by atoms with E-state index in [0.29, 0.717) is 0 Å². The van der Waals surface area contributed by atoms with Crippen LogP contribution in [-0.2, 0) is 4.79 Å². The second kappa shape index (κ2) is 5.44. The number of alkyl halides is 3. The van der Waals surface area contributed by atoms with Crippen molar-refractivity contribution in [3.05, 3.63) is 29.8 Å². The summed E-state index contributed by atoms with van der Waals surface area (Å²) < 4.78 is 39.9. The van der Waals surface area contributed by atoms with Gasteiger partial charge < -0.3 is 14.9 Å². The van der Waals surface area contributed by atoms with Gasteiger partial charge in [-0.05, 0) is 18.2 Å². The molecule has 0 fully saturated rings. The van der Waals surface area contributed by atoms with Crippen LogP contribution < -0.4 is 4.74 Å². The lowest BCUT2D eigenvalue weighted by molar-refractivity contribution is -0.274. The van der Waals surface area contributed by atoms with E-state index in [9.17, 15) is 18.0 Å². The monoisotopic (exact) mass is 262 g/mol. The minimum absolute atomic E-state index is 0.0615. The fourth-order valence-corrected chi connectivity index (χ4v) is 1.17. The predicted molar refractivity (Wildman–Crippen MR) is 56.1 cm³/mol. The smallest absolute Gasteiger partial charge is 0.508 e. The first-order valence-corrected chi connectivity index (χ1v) is 4.75. The van der Waals surface area contributed by atoms with E-state index in [2.05, 4.69) is 4.74 Å². The summed E-state index contributed by atoms with van der Waals surface area (Å²) in [6.45, 7) is 0. The van der Waals surface area contributed by atoms with Crippen LogP contribution in [0.25, 0.3) is 6.08 Å². The molecule has 0 aliphatic heterocycles. The summed E-state index contributed by atoms with van der Waals surface area (Å²) in [4.78, 5) is 10.3. The van der Waals surface area contributed by atoms with Gasteiger partial charge in [-0.1, -0.05) is 12.2 Å². The van der Waals surface area contributed by atoms with E-state index in [0.717, 1.165) is 30.4 Å². The van der Waals surface area contributed by atoms with Crippen LogP contribution in [0.2, 0.25) is 0 Å². The molecule has 98 valence electrons. The molecule has 1 aromatic carbocycles. The zero-order valence-electron chi connectivity index (χ0n) is 8.94. The van der Waals surface area contributed by atoms with Crippen molar-refractivity contribution in [2.45, 2.75) is 12.8 Å². The van der Waals surface area contributed by atoms with E-state index < -0.39 is 18.1 Å². The molecule has 0 spiro atoms. The molecule has 7 heteroatoms. The summed E-state index contributed by atoms with van der Waals surface area (Å²) in [6, 6.07) is 3.03. The first kappa shape index (κ1) is 13.9. The molecule has 4 nitrogen and oxygen atoms in total. The average Bonchev–Trinajstić information content (AvgIpc) is 2.19. The molecule has 0 aliphatic carbocycles. The van der Waals surface area contributed by atoms with Crippen molar-refractivity contribution in [2.24, 2.45) is 0 Å². The van der Waals surface area contributed by atoms with Crippen molar-refractivity contribution < 1.29 is 32.9 Å². The van der Waals surface area contributed by atoms with Gasteiger partial charge in [0.25, 0.3) is 0 Å². The fraction of sp³-hybridized carbons (Fsp3) is 0.182. The number of halogens is 3. The Morgan fingerprint density at radius 3 is 2.61 bits per heavy atom. The molecule has 0 unspecified atom stereocenters. The second-order valence-electron chi connectivity index (χ2n) is 3.27. The lowest BCUT2D eigenvalue weighted by Gasteiger charge is -2.11. The maximum absolute atomic E-state index is 12.1. The number of carboxylic acid groups (broad SMARTS) is 1. The van der Waals surface area contributed by atoms with E-state index in [-0.39, 0.29) is 17.7 Å². The SMILES string of the molecule is O=C(O)CC=Cc1cc(O)ccc1OC(F)(F)F. The molecule has 1 rings (SSSR count). The Kier molecular flexibility index (Phi) is 4.19. The van der Waals surface area contributed by atoms with E-state index in [1.807, 2.05) is 0 Å². The Labute approximate surface area is 99.9 Å². The number of aliphatic carboxylic acids is 1. The van der Waals surface area contributed by atoms with Gasteiger partial charge in [0.2, 0.25) is 0 Å². The highest BCUT2D eigenvalue weighted by Crippen LogP contribution is 2.30. The Bertz CT molecular complexity index is 466. The molecule has 2 N–H and O–H groups in total. The summed E-state index contributed by atoms with van der Waals surface area (Å²) in [7, 11) is 0. The molecule has 0 saturated heterocycles. The number of carboxylic acids is 1. The molecule has 0 amide bonds. The molecule has 0 heterocycles. The number of ether oxygens (including phenoxy) is 1. The highest BCUT2D eigenvalue weighted by Gasteiger charge is 2.31. The highest BCUT2D eigenvalue weighted by molar-refractivity contribution is 5.71. The third-order valence-corrected chi connectivity index (χ3v) is 1.81. The number of hydrogen-bond acceptors (Lipinski definition) is 3. The molecule has 0 aliphatic rings. The van der Waals surface area contributed by atoms with Crippen molar-refractivity contribution in [1.82, 2.24) is 0 Å². The number of benzene rings is 1. The van der Waals surface area contributed by atoms with Crippen molar-refractivity contribution in [2.75, 3.05) is 0 Å². The normalized spacial score (nSPS) is 11.7. The number of aromatic hydroxyl groups is 1. The quantitative estimate of drug-likeness (QED) is 0.875. The second-order valence-corrected chi connectivity index (χ2v) is 3.27. The van der Waals surface area contributed by atoms with E-state index in [1.165, 1.54) is 0 Å². The lowest BCUT2D eigenvalue weighted by atomic mass is 10.1. The molecule has 0 atom stereocenters. The molecule has 0 radical (unpaired) electrons. The number of rotatable bonds is 4. The summed E-state index contributed by atoms with van der Waals surface area (Å²) in [5.74, 6) is -1.88. The van der Waals surface area contributed by atoms with E-state index >= 15 is 0 Å². The minimum Gasteiger partial charge on any atom is -0.508 e. The van der Waals surface area contributed by atoms with Crippen molar-refractivity contribution >= 4 is 12.0 Å². The van der Waals surface area contributed by atoms with Crippen LogP contribution in [0.15, 0.2) is 24.3 Å². The molecule has 1 aromatic rings. The van der Waals surface area contributed by atoms with E-state index in [4.69, 9.17) is 10.2 Å². The van der Waals surface area contributed by atoms with Gasteiger partial charge in [0.1, 0.15) is 11.5 Å². The number of carbonyl (C=O) groups is 1. The molecule has 0 saturated carbocycles. The van der Waals surface area contributed by atoms with Crippen LogP contribution in [0.5, 0.6) is 11.5 Å². The summed E-state index contributed by atoms with van der Waals surface area (Å²) in [5, 5.41) is 17.5. The number of hydrogen-bond donors (Lipinski definition) is 2. The topological polar surface area (TPSA) is 66.8 Å². The van der Waals surface area contributed by atoms with Gasteiger partial charge >= 0.3 is 12.3 Å². The van der Waals surface area contributed by atoms with Crippen LogP contribution in [-0.4, -0.2) is 22.5 Å². The first-order chi connectivity index (χ1) is 8.28. The maximum Gasteiger partial charge on any atom is 0.573 e. The van der Waals surface area contributed by atoms with Gasteiger partial charge in [-0.3, -0.25) is 4.79 Å². The van der Waals surface area contributed by atoms with Crippen molar-refractivity contribution in [1.29, 1.82) is 0 Å². The van der Waals surface area contributed by atoms with Gasteiger partial charge in [-0.15, -0.1) is 13.2 Å². The standard InChI is InChI=1S/C11H9F3O4/c12-11(13,14)18-9-5-4-8(15)6-7(9)2-1-3-10(16)17/h1-2,4-6,15H,3H2,(H,16,17). The molecular formula is C11H9F3O4. The van der Waals surface area contributed by atoms with Crippen molar-refractivity contribution in [3.8, 4) is 11.5 Å². The third kappa shape index (κ3) is 4.77. The van der Waals surface area contributed by atoms with E-state index in [1.54, 1.807) is 0 Å².